The molecule has 0 saturated heterocycles. The monoisotopic (exact) mass is 412 g/mol. The van der Waals surface area contributed by atoms with Gasteiger partial charge in [0.2, 0.25) is 0 Å². The molecule has 0 saturated carbocycles. The maximum absolute atomic E-state index is 12.6. The summed E-state index contributed by atoms with van der Waals surface area (Å²) in [6.07, 6.45) is -0.541. The molecule has 150 valence electrons. The molecule has 0 aliphatic rings. The number of alkyl carbamates (subject to hydrolysis) is 1. The number of benzene rings is 2. The number of amides is 2. The Morgan fingerprint density at radius 3 is 2.66 bits per heavy atom. The molecule has 0 radical (unpaired) electrons. The normalized spacial score (nSPS) is 11.5. The molecule has 7 nitrogen and oxygen atoms in total. The third-order valence-electron chi connectivity index (χ3n) is 4.18. The fourth-order valence-corrected chi connectivity index (χ4v) is 2.97. The number of carbonyl (C=O) groups is 2. The minimum absolute atomic E-state index is 0.188. The van der Waals surface area contributed by atoms with Crippen LogP contribution in [0.5, 0.6) is 0 Å². The number of ether oxygens (including phenoxy) is 1. The van der Waals surface area contributed by atoms with Crippen LogP contribution in [0.25, 0.3) is 11.3 Å². The predicted octanol–water partition coefficient (Wildman–Crippen LogP) is 3.95. The number of halogens is 1. The lowest BCUT2D eigenvalue weighted by atomic mass is 10.1. The minimum atomic E-state index is -0.541. The average Bonchev–Trinajstić information content (AvgIpc) is 3.22. The van der Waals surface area contributed by atoms with Crippen molar-refractivity contribution in [1.82, 2.24) is 20.8 Å². The molecule has 1 unspecified atom stereocenters. The molecular weight excluding hydrogens is 392 g/mol. The van der Waals surface area contributed by atoms with Gasteiger partial charge >= 0.3 is 6.09 Å². The first-order chi connectivity index (χ1) is 14.1. The summed E-state index contributed by atoms with van der Waals surface area (Å²) in [5, 5.41) is 13.1. The molecule has 2 amide bonds. The number of nitrogens with zero attached hydrogens (tertiary/aromatic N) is 1. The largest absolute Gasteiger partial charge is 0.450 e. The molecule has 0 spiro atoms. The zero-order valence-electron chi connectivity index (χ0n) is 15.8. The maximum Gasteiger partial charge on any atom is 0.407 e. The van der Waals surface area contributed by atoms with E-state index in [1.54, 1.807) is 25.1 Å². The Kier molecular flexibility index (Phi) is 6.86. The highest BCUT2D eigenvalue weighted by molar-refractivity contribution is 6.30. The third kappa shape index (κ3) is 5.58. The molecule has 3 aromatic rings. The van der Waals surface area contributed by atoms with Crippen molar-refractivity contribution in [1.29, 1.82) is 0 Å². The van der Waals surface area contributed by atoms with Gasteiger partial charge in [-0.3, -0.25) is 9.89 Å². The highest BCUT2D eigenvalue weighted by Crippen LogP contribution is 2.21. The first kappa shape index (κ1) is 20.4. The van der Waals surface area contributed by atoms with Crippen molar-refractivity contribution < 1.29 is 14.3 Å². The Bertz CT molecular complexity index is 975. The molecule has 1 aromatic heterocycles. The van der Waals surface area contributed by atoms with Gasteiger partial charge in [-0.05, 0) is 30.7 Å². The van der Waals surface area contributed by atoms with Gasteiger partial charge in [0, 0.05) is 17.1 Å². The Balaban J connectivity index is 1.67. The zero-order chi connectivity index (χ0) is 20.6. The standard InChI is InChI=1S/C21H21ClN4O3/c1-2-29-21(28)24-19(14-7-4-3-5-8-14)13-23-20(27)18-12-17(25-26-18)15-9-6-10-16(22)11-15/h3-12,19H,2,13H2,1H3,(H,23,27)(H,24,28)(H,25,26). The van der Waals surface area contributed by atoms with Gasteiger partial charge in [-0.25, -0.2) is 4.79 Å². The summed E-state index contributed by atoms with van der Waals surface area (Å²) in [6, 6.07) is 17.8. The van der Waals surface area contributed by atoms with Gasteiger partial charge in [0.1, 0.15) is 5.69 Å². The van der Waals surface area contributed by atoms with Gasteiger partial charge in [-0.1, -0.05) is 54.1 Å². The number of aromatic amines is 1. The van der Waals surface area contributed by atoms with Gasteiger partial charge in [-0.15, -0.1) is 0 Å². The molecule has 8 heteroatoms. The molecule has 1 heterocycles. The molecular formula is C21H21ClN4O3. The molecule has 3 N–H and O–H groups in total. The Labute approximate surface area is 173 Å². The second kappa shape index (κ2) is 9.75. The molecule has 0 aliphatic carbocycles. The summed E-state index contributed by atoms with van der Waals surface area (Å²) in [7, 11) is 0. The predicted molar refractivity (Wildman–Crippen MR) is 111 cm³/mol. The van der Waals surface area contributed by atoms with Gasteiger partial charge in [0.15, 0.2) is 0 Å². The molecule has 0 fully saturated rings. The van der Waals surface area contributed by atoms with E-state index in [0.29, 0.717) is 16.4 Å². The van der Waals surface area contributed by atoms with Crippen molar-refractivity contribution in [2.24, 2.45) is 0 Å². The quantitative estimate of drug-likeness (QED) is 0.547. The molecule has 0 bridgehead atoms. The van der Waals surface area contributed by atoms with Crippen LogP contribution in [0.15, 0.2) is 60.7 Å². The first-order valence-electron chi connectivity index (χ1n) is 9.14. The number of H-pyrrole nitrogens is 1. The van der Waals surface area contributed by atoms with Crippen molar-refractivity contribution in [3.05, 3.63) is 76.9 Å². The van der Waals surface area contributed by atoms with Crippen LogP contribution >= 0.6 is 11.6 Å². The average molecular weight is 413 g/mol. The van der Waals surface area contributed by atoms with Gasteiger partial charge in [0.05, 0.1) is 18.3 Å². The Morgan fingerprint density at radius 2 is 1.93 bits per heavy atom. The number of nitrogens with one attached hydrogen (secondary N) is 3. The van der Waals surface area contributed by atoms with E-state index in [1.165, 1.54) is 0 Å². The van der Waals surface area contributed by atoms with Gasteiger partial charge in [0.25, 0.3) is 5.91 Å². The Hall–Kier alpha value is -3.32. The summed E-state index contributed by atoms with van der Waals surface area (Å²) in [6.45, 7) is 2.18. The number of rotatable bonds is 7. The summed E-state index contributed by atoms with van der Waals surface area (Å²) in [5.74, 6) is -0.336. The fourth-order valence-electron chi connectivity index (χ4n) is 2.78. The van der Waals surface area contributed by atoms with Crippen LogP contribution in [-0.2, 0) is 4.74 Å². The maximum atomic E-state index is 12.6. The van der Waals surface area contributed by atoms with Crippen LogP contribution in [0.4, 0.5) is 4.79 Å². The fraction of sp³-hybridized carbons (Fsp3) is 0.190. The van der Waals surface area contributed by atoms with Crippen LogP contribution in [-0.4, -0.2) is 35.3 Å². The summed E-state index contributed by atoms with van der Waals surface area (Å²) in [4.78, 5) is 24.4. The molecule has 3 rings (SSSR count). The third-order valence-corrected chi connectivity index (χ3v) is 4.41. The smallest absolute Gasteiger partial charge is 0.407 e. The van der Waals surface area contributed by atoms with Crippen LogP contribution in [0.3, 0.4) is 0 Å². The van der Waals surface area contributed by atoms with E-state index in [-0.39, 0.29) is 19.1 Å². The van der Waals surface area contributed by atoms with Crippen molar-refractivity contribution in [3.8, 4) is 11.3 Å². The van der Waals surface area contributed by atoms with E-state index >= 15 is 0 Å². The lowest BCUT2D eigenvalue weighted by Crippen LogP contribution is -2.38. The van der Waals surface area contributed by atoms with E-state index in [2.05, 4.69) is 20.8 Å². The second-order valence-corrected chi connectivity index (χ2v) is 6.65. The van der Waals surface area contributed by atoms with Crippen LogP contribution in [0.1, 0.15) is 29.0 Å². The van der Waals surface area contributed by atoms with E-state index in [0.717, 1.165) is 11.1 Å². The van der Waals surface area contributed by atoms with Gasteiger partial charge in [-0.2, -0.15) is 5.10 Å². The highest BCUT2D eigenvalue weighted by atomic mass is 35.5. The highest BCUT2D eigenvalue weighted by Gasteiger charge is 2.18. The zero-order valence-corrected chi connectivity index (χ0v) is 16.6. The minimum Gasteiger partial charge on any atom is -0.450 e. The summed E-state index contributed by atoms with van der Waals surface area (Å²) < 4.78 is 4.96. The van der Waals surface area contributed by atoms with Crippen molar-refractivity contribution in [2.75, 3.05) is 13.2 Å². The SMILES string of the molecule is CCOC(=O)NC(CNC(=O)c1cc(-c2cccc(Cl)c2)n[nH]1)c1ccccc1. The topological polar surface area (TPSA) is 96.1 Å². The van der Waals surface area contributed by atoms with Crippen LogP contribution in [0, 0.1) is 0 Å². The number of carbonyl (C=O) groups excluding carboxylic acids is 2. The van der Waals surface area contributed by atoms with E-state index in [4.69, 9.17) is 16.3 Å². The molecule has 2 aromatic carbocycles. The van der Waals surface area contributed by atoms with Crippen LogP contribution < -0.4 is 10.6 Å². The van der Waals surface area contributed by atoms with Gasteiger partial charge < -0.3 is 15.4 Å². The van der Waals surface area contributed by atoms with Crippen molar-refractivity contribution >= 4 is 23.6 Å². The first-order valence-corrected chi connectivity index (χ1v) is 9.52. The number of hydrogen-bond acceptors (Lipinski definition) is 4. The Morgan fingerprint density at radius 1 is 1.14 bits per heavy atom. The molecule has 29 heavy (non-hydrogen) atoms. The second-order valence-electron chi connectivity index (χ2n) is 6.22. The van der Waals surface area contributed by atoms with Crippen molar-refractivity contribution in [3.63, 3.8) is 0 Å². The lowest BCUT2D eigenvalue weighted by molar-refractivity contribution is 0.0941. The van der Waals surface area contributed by atoms with E-state index in [9.17, 15) is 9.59 Å². The van der Waals surface area contributed by atoms with Crippen molar-refractivity contribution in [2.45, 2.75) is 13.0 Å². The van der Waals surface area contributed by atoms with E-state index in [1.807, 2.05) is 42.5 Å². The summed E-state index contributed by atoms with van der Waals surface area (Å²) in [5.41, 5.74) is 2.58. The number of hydrogen-bond donors (Lipinski definition) is 3. The number of aromatic nitrogens is 2. The summed E-state index contributed by atoms with van der Waals surface area (Å²) >= 11 is 6.01. The van der Waals surface area contributed by atoms with Crippen LogP contribution in [0.2, 0.25) is 5.02 Å². The molecule has 1 atom stereocenters. The molecule has 0 aliphatic heterocycles. The van der Waals surface area contributed by atoms with E-state index < -0.39 is 12.1 Å². The lowest BCUT2D eigenvalue weighted by Gasteiger charge is -2.19.